The Morgan fingerprint density at radius 3 is 2.64 bits per heavy atom. The maximum absolute atomic E-state index is 12.2. The minimum atomic E-state index is -0.266. The van der Waals surface area contributed by atoms with Crippen LogP contribution in [0.4, 0.5) is 5.69 Å². The van der Waals surface area contributed by atoms with Gasteiger partial charge in [0.1, 0.15) is 11.5 Å². The van der Waals surface area contributed by atoms with Gasteiger partial charge in [-0.3, -0.25) is 14.5 Å². The summed E-state index contributed by atoms with van der Waals surface area (Å²) in [5.41, 5.74) is 0.625. The molecule has 134 valence electrons. The van der Waals surface area contributed by atoms with Crippen molar-refractivity contribution in [1.29, 1.82) is 0 Å². The molecular formula is C18H23N3O4. The molecule has 7 heteroatoms. The second-order valence-corrected chi connectivity index (χ2v) is 5.78. The number of hydrogen-bond acceptors (Lipinski definition) is 5. The van der Waals surface area contributed by atoms with Gasteiger partial charge < -0.3 is 19.4 Å². The van der Waals surface area contributed by atoms with Crippen LogP contribution in [0.15, 0.2) is 47.1 Å². The van der Waals surface area contributed by atoms with E-state index in [2.05, 4.69) is 5.32 Å². The van der Waals surface area contributed by atoms with Gasteiger partial charge in [0.05, 0.1) is 33.0 Å². The van der Waals surface area contributed by atoms with E-state index in [-0.39, 0.29) is 24.9 Å². The van der Waals surface area contributed by atoms with E-state index < -0.39 is 0 Å². The molecule has 1 N–H and O–H groups in total. The molecule has 2 aromatic rings. The van der Waals surface area contributed by atoms with Gasteiger partial charge in [0.15, 0.2) is 0 Å². The first-order valence-electron chi connectivity index (χ1n) is 7.86. The van der Waals surface area contributed by atoms with E-state index in [4.69, 9.17) is 9.15 Å². The molecule has 1 heterocycles. The first-order chi connectivity index (χ1) is 12.0. The number of nitrogens with one attached hydrogen (secondary N) is 1. The van der Waals surface area contributed by atoms with Gasteiger partial charge in [-0.1, -0.05) is 6.07 Å². The number of nitrogens with zero attached hydrogens (tertiary/aromatic N) is 2. The largest absolute Gasteiger partial charge is 0.497 e. The van der Waals surface area contributed by atoms with Crippen molar-refractivity contribution in [3.8, 4) is 5.75 Å². The van der Waals surface area contributed by atoms with Crippen LogP contribution in [0.3, 0.4) is 0 Å². The third kappa shape index (κ3) is 5.96. The highest BCUT2D eigenvalue weighted by molar-refractivity contribution is 5.94. The first-order valence-corrected chi connectivity index (χ1v) is 7.86. The Morgan fingerprint density at radius 2 is 1.96 bits per heavy atom. The van der Waals surface area contributed by atoms with Gasteiger partial charge in [0, 0.05) is 18.8 Å². The number of furan rings is 1. The zero-order valence-electron chi connectivity index (χ0n) is 14.7. The molecule has 0 aliphatic rings. The molecular weight excluding hydrogens is 322 g/mol. The molecule has 1 aromatic heterocycles. The molecule has 0 unspecified atom stereocenters. The van der Waals surface area contributed by atoms with Crippen LogP contribution in [-0.2, 0) is 16.1 Å². The monoisotopic (exact) mass is 345 g/mol. The number of amides is 2. The highest BCUT2D eigenvalue weighted by Gasteiger charge is 2.15. The van der Waals surface area contributed by atoms with Crippen molar-refractivity contribution in [3.05, 3.63) is 48.4 Å². The average molecular weight is 345 g/mol. The molecule has 0 atom stereocenters. The number of benzene rings is 1. The van der Waals surface area contributed by atoms with E-state index in [1.807, 2.05) is 18.0 Å². The molecule has 0 bridgehead atoms. The van der Waals surface area contributed by atoms with Gasteiger partial charge in [0.25, 0.3) is 0 Å². The molecule has 2 amide bonds. The Labute approximate surface area is 147 Å². The molecule has 0 aliphatic carbocycles. The standard InChI is InChI=1S/C18H23N3O4/c1-20(11-16-8-5-9-25-16)13-18(23)21(2)12-17(22)19-14-6-4-7-15(10-14)24-3/h4-10H,11-13H2,1-3H3,(H,19,22). The number of carbonyl (C=O) groups is 2. The van der Waals surface area contributed by atoms with E-state index in [1.54, 1.807) is 50.8 Å². The Hall–Kier alpha value is -2.80. The number of ether oxygens (including phenoxy) is 1. The minimum absolute atomic E-state index is 0.0232. The summed E-state index contributed by atoms with van der Waals surface area (Å²) in [5.74, 6) is 1.03. The van der Waals surface area contributed by atoms with Gasteiger partial charge in [-0.25, -0.2) is 0 Å². The van der Waals surface area contributed by atoms with Gasteiger partial charge in [-0.15, -0.1) is 0 Å². The maximum atomic E-state index is 12.2. The fourth-order valence-corrected chi connectivity index (χ4v) is 2.28. The molecule has 0 spiro atoms. The van der Waals surface area contributed by atoms with Gasteiger partial charge in [-0.05, 0) is 31.3 Å². The molecule has 0 saturated heterocycles. The summed E-state index contributed by atoms with van der Waals surface area (Å²) in [7, 11) is 4.99. The summed E-state index contributed by atoms with van der Waals surface area (Å²) in [5, 5.41) is 2.75. The number of likely N-dealkylation sites (N-methyl/N-ethyl adjacent to an activating group) is 2. The van der Waals surface area contributed by atoms with Crippen LogP contribution in [0.1, 0.15) is 5.76 Å². The Bertz CT molecular complexity index is 700. The smallest absolute Gasteiger partial charge is 0.243 e. The van der Waals surface area contributed by atoms with Crippen LogP contribution in [0.25, 0.3) is 0 Å². The Morgan fingerprint density at radius 1 is 1.16 bits per heavy atom. The van der Waals surface area contributed by atoms with Crippen LogP contribution in [0.2, 0.25) is 0 Å². The Kier molecular flexibility index (Phi) is 6.59. The first kappa shape index (κ1) is 18.5. The van der Waals surface area contributed by atoms with E-state index in [0.717, 1.165) is 5.76 Å². The van der Waals surface area contributed by atoms with Crippen LogP contribution < -0.4 is 10.1 Å². The maximum Gasteiger partial charge on any atom is 0.243 e. The lowest BCUT2D eigenvalue weighted by atomic mass is 10.3. The number of carbonyl (C=O) groups excluding carboxylic acids is 2. The highest BCUT2D eigenvalue weighted by atomic mass is 16.5. The second-order valence-electron chi connectivity index (χ2n) is 5.78. The summed E-state index contributed by atoms with van der Waals surface area (Å²) in [6, 6.07) is 10.7. The van der Waals surface area contributed by atoms with E-state index in [9.17, 15) is 9.59 Å². The van der Waals surface area contributed by atoms with Gasteiger partial charge in [-0.2, -0.15) is 0 Å². The van der Waals surface area contributed by atoms with Crippen molar-refractivity contribution in [3.63, 3.8) is 0 Å². The normalized spacial score (nSPS) is 10.6. The van der Waals surface area contributed by atoms with Crippen LogP contribution >= 0.6 is 0 Å². The van der Waals surface area contributed by atoms with E-state index >= 15 is 0 Å². The molecule has 2 rings (SSSR count). The third-order valence-corrected chi connectivity index (χ3v) is 3.57. The number of rotatable bonds is 8. The van der Waals surface area contributed by atoms with Crippen molar-refractivity contribution in [2.24, 2.45) is 0 Å². The SMILES string of the molecule is COc1cccc(NC(=O)CN(C)C(=O)CN(C)Cc2ccco2)c1. The molecule has 0 saturated carbocycles. The van der Waals surface area contributed by atoms with Crippen molar-refractivity contribution in [2.75, 3.05) is 39.6 Å². The summed E-state index contributed by atoms with van der Waals surface area (Å²) in [6.45, 7) is 0.705. The highest BCUT2D eigenvalue weighted by Crippen LogP contribution is 2.16. The predicted octanol–water partition coefficient (Wildman–Crippen LogP) is 1.82. The van der Waals surface area contributed by atoms with Crippen molar-refractivity contribution in [2.45, 2.75) is 6.54 Å². The fourth-order valence-electron chi connectivity index (χ4n) is 2.28. The zero-order valence-corrected chi connectivity index (χ0v) is 14.7. The lowest BCUT2D eigenvalue weighted by molar-refractivity contribution is -0.134. The summed E-state index contributed by atoms with van der Waals surface area (Å²) >= 11 is 0. The van der Waals surface area contributed by atoms with Crippen LogP contribution in [-0.4, -0.2) is 55.9 Å². The van der Waals surface area contributed by atoms with Gasteiger partial charge in [0.2, 0.25) is 11.8 Å². The molecule has 25 heavy (non-hydrogen) atoms. The van der Waals surface area contributed by atoms with E-state index in [0.29, 0.717) is 18.0 Å². The summed E-state index contributed by atoms with van der Waals surface area (Å²) in [6.07, 6.45) is 1.60. The molecule has 7 nitrogen and oxygen atoms in total. The van der Waals surface area contributed by atoms with Crippen LogP contribution in [0, 0.1) is 0 Å². The summed E-state index contributed by atoms with van der Waals surface area (Å²) < 4.78 is 10.4. The number of anilines is 1. The second kappa shape index (κ2) is 8.89. The zero-order chi connectivity index (χ0) is 18.2. The van der Waals surface area contributed by atoms with Crippen molar-refractivity contribution in [1.82, 2.24) is 9.80 Å². The molecule has 0 radical (unpaired) electrons. The fraction of sp³-hybridized carbons (Fsp3) is 0.333. The third-order valence-electron chi connectivity index (χ3n) is 3.57. The van der Waals surface area contributed by atoms with Crippen molar-refractivity contribution < 1.29 is 18.7 Å². The van der Waals surface area contributed by atoms with Gasteiger partial charge >= 0.3 is 0 Å². The Balaban J connectivity index is 1.80. The predicted molar refractivity (Wildman–Crippen MR) is 94.3 cm³/mol. The summed E-state index contributed by atoms with van der Waals surface area (Å²) in [4.78, 5) is 27.5. The topological polar surface area (TPSA) is 75.0 Å². The van der Waals surface area contributed by atoms with Crippen LogP contribution in [0.5, 0.6) is 5.75 Å². The minimum Gasteiger partial charge on any atom is -0.497 e. The number of methoxy groups -OCH3 is 1. The van der Waals surface area contributed by atoms with Crippen molar-refractivity contribution >= 4 is 17.5 Å². The lowest BCUT2D eigenvalue weighted by Gasteiger charge is -2.21. The van der Waals surface area contributed by atoms with E-state index in [1.165, 1.54) is 4.90 Å². The quantitative estimate of drug-likeness (QED) is 0.790. The lowest BCUT2D eigenvalue weighted by Crippen LogP contribution is -2.40. The number of hydrogen-bond donors (Lipinski definition) is 1. The molecule has 1 aromatic carbocycles. The molecule has 0 fully saturated rings. The average Bonchev–Trinajstić information content (AvgIpc) is 3.07. The molecule has 0 aliphatic heterocycles.